The normalized spacial score (nSPS) is 14.1. The lowest BCUT2D eigenvalue weighted by Gasteiger charge is -2.31. The number of nitrogens with one attached hydrogen (secondary N) is 1. The average molecular weight is 344 g/mol. The maximum Gasteiger partial charge on any atom is 0.423 e. The van der Waals surface area contributed by atoms with Gasteiger partial charge in [0.1, 0.15) is 0 Å². The fraction of sp³-hybridized carbons (Fsp3) is 0.188. The highest BCUT2D eigenvalue weighted by Gasteiger charge is 2.55. The van der Waals surface area contributed by atoms with Crippen LogP contribution >= 0.6 is 11.6 Å². The van der Waals surface area contributed by atoms with Gasteiger partial charge in [0.15, 0.2) is 0 Å². The molecule has 3 nitrogen and oxygen atoms in total. The maximum absolute atomic E-state index is 13.3. The Morgan fingerprint density at radius 1 is 1.09 bits per heavy atom. The van der Waals surface area contributed by atoms with Crippen LogP contribution in [0.1, 0.15) is 15.9 Å². The van der Waals surface area contributed by atoms with Crippen molar-refractivity contribution in [2.45, 2.75) is 11.8 Å². The van der Waals surface area contributed by atoms with Gasteiger partial charge >= 0.3 is 6.18 Å². The minimum absolute atomic E-state index is 0.107. The summed E-state index contributed by atoms with van der Waals surface area (Å²) in [5.41, 5.74) is -3.42. The predicted octanol–water partition coefficient (Wildman–Crippen LogP) is 3.52. The van der Waals surface area contributed by atoms with Crippen LogP contribution < -0.4 is 5.32 Å². The van der Waals surface area contributed by atoms with E-state index in [0.29, 0.717) is 0 Å². The highest BCUT2D eigenvalue weighted by atomic mass is 35.5. The number of carbonyl (C=O) groups excluding carboxylic acids is 1. The molecule has 2 aromatic carbocycles. The first-order valence-corrected chi connectivity index (χ1v) is 7.00. The molecule has 0 fully saturated rings. The fourth-order valence-electron chi connectivity index (χ4n) is 2.02. The van der Waals surface area contributed by atoms with Crippen molar-refractivity contribution in [2.75, 3.05) is 6.54 Å². The van der Waals surface area contributed by atoms with Gasteiger partial charge < -0.3 is 10.4 Å². The van der Waals surface area contributed by atoms with Crippen LogP contribution in [0.25, 0.3) is 0 Å². The number of halogens is 4. The van der Waals surface area contributed by atoms with Crippen molar-refractivity contribution >= 4 is 17.5 Å². The summed E-state index contributed by atoms with van der Waals surface area (Å²) in [6.07, 6.45) is -4.95. The third-order valence-corrected chi connectivity index (χ3v) is 3.55. The zero-order valence-electron chi connectivity index (χ0n) is 11.8. The number of benzene rings is 2. The molecule has 2 rings (SSSR count). The molecule has 7 heteroatoms. The molecule has 0 bridgehead atoms. The van der Waals surface area contributed by atoms with Crippen LogP contribution in [0.5, 0.6) is 0 Å². The number of hydrogen-bond acceptors (Lipinski definition) is 2. The lowest BCUT2D eigenvalue weighted by Crippen LogP contribution is -2.51. The van der Waals surface area contributed by atoms with Crippen LogP contribution in [0.4, 0.5) is 13.2 Å². The second kappa shape index (κ2) is 6.60. The van der Waals surface area contributed by atoms with Crippen LogP contribution in [0.2, 0.25) is 5.02 Å². The molecule has 23 heavy (non-hydrogen) atoms. The lowest BCUT2D eigenvalue weighted by molar-refractivity contribution is -0.263. The molecule has 1 unspecified atom stereocenters. The number of alkyl halides is 3. The van der Waals surface area contributed by atoms with Gasteiger partial charge in [-0.2, -0.15) is 13.2 Å². The Bertz CT molecular complexity index is 691. The minimum Gasteiger partial charge on any atom is -0.375 e. The first kappa shape index (κ1) is 17.3. The molecule has 1 amide bonds. The summed E-state index contributed by atoms with van der Waals surface area (Å²) < 4.78 is 39.9. The molecule has 0 aliphatic heterocycles. The van der Waals surface area contributed by atoms with Gasteiger partial charge in [-0.25, -0.2) is 0 Å². The third kappa shape index (κ3) is 3.83. The fourth-order valence-corrected chi connectivity index (χ4v) is 2.21. The summed E-state index contributed by atoms with van der Waals surface area (Å²) in [7, 11) is 0. The zero-order chi connectivity index (χ0) is 17.1. The van der Waals surface area contributed by atoms with Crippen molar-refractivity contribution in [2.24, 2.45) is 0 Å². The van der Waals surface area contributed by atoms with Gasteiger partial charge in [-0.3, -0.25) is 4.79 Å². The Morgan fingerprint density at radius 3 is 2.30 bits per heavy atom. The molecule has 0 aliphatic rings. The van der Waals surface area contributed by atoms with Crippen molar-refractivity contribution < 1.29 is 23.1 Å². The van der Waals surface area contributed by atoms with E-state index in [2.05, 4.69) is 5.32 Å². The standard InChI is InChI=1S/C16H13ClF3NO2/c17-13-8-4-5-11(9-13)14(22)21-10-15(23,16(18,19)20)12-6-2-1-3-7-12/h1-9,23H,10H2,(H,21,22). The van der Waals surface area contributed by atoms with Crippen LogP contribution in [0, 0.1) is 0 Å². The molecule has 0 radical (unpaired) electrons. The number of rotatable bonds is 4. The van der Waals surface area contributed by atoms with Crippen LogP contribution in [0.3, 0.4) is 0 Å². The molecule has 0 heterocycles. The van der Waals surface area contributed by atoms with Crippen molar-refractivity contribution in [3.05, 3.63) is 70.7 Å². The van der Waals surface area contributed by atoms with E-state index < -0.39 is 24.2 Å². The second-order valence-corrected chi connectivity index (χ2v) is 5.35. The second-order valence-electron chi connectivity index (χ2n) is 4.92. The SMILES string of the molecule is O=C(NCC(O)(c1ccccc1)C(F)(F)F)c1cccc(Cl)c1. The van der Waals surface area contributed by atoms with E-state index in [-0.39, 0.29) is 16.1 Å². The van der Waals surface area contributed by atoms with E-state index in [1.807, 2.05) is 0 Å². The number of aliphatic hydroxyl groups is 1. The van der Waals surface area contributed by atoms with Crippen LogP contribution in [0.15, 0.2) is 54.6 Å². The molecular formula is C16H13ClF3NO2. The quantitative estimate of drug-likeness (QED) is 0.892. The maximum atomic E-state index is 13.3. The number of amides is 1. The average Bonchev–Trinajstić information content (AvgIpc) is 2.52. The Balaban J connectivity index is 2.22. The van der Waals surface area contributed by atoms with Gasteiger partial charge in [0.2, 0.25) is 5.60 Å². The van der Waals surface area contributed by atoms with Crippen molar-refractivity contribution in [3.63, 3.8) is 0 Å². The molecule has 0 saturated carbocycles. The van der Waals surface area contributed by atoms with Gasteiger partial charge in [0, 0.05) is 10.6 Å². The molecule has 2 N–H and O–H groups in total. The van der Waals surface area contributed by atoms with Crippen LogP contribution in [-0.2, 0) is 5.60 Å². The molecule has 0 saturated heterocycles. The molecular weight excluding hydrogens is 331 g/mol. The lowest BCUT2D eigenvalue weighted by atomic mass is 9.93. The Labute approximate surface area is 135 Å². The van der Waals surface area contributed by atoms with Gasteiger partial charge in [-0.15, -0.1) is 0 Å². The zero-order valence-corrected chi connectivity index (χ0v) is 12.5. The number of hydrogen-bond donors (Lipinski definition) is 2. The molecule has 0 aliphatic carbocycles. The Morgan fingerprint density at radius 2 is 1.74 bits per heavy atom. The molecule has 0 aromatic heterocycles. The molecule has 0 spiro atoms. The van der Waals surface area contributed by atoms with Gasteiger partial charge in [0.05, 0.1) is 6.54 Å². The third-order valence-electron chi connectivity index (χ3n) is 3.31. The van der Waals surface area contributed by atoms with Crippen molar-refractivity contribution in [1.82, 2.24) is 5.32 Å². The van der Waals surface area contributed by atoms with E-state index in [1.165, 1.54) is 42.5 Å². The largest absolute Gasteiger partial charge is 0.423 e. The first-order valence-electron chi connectivity index (χ1n) is 6.62. The minimum atomic E-state index is -4.95. The first-order chi connectivity index (χ1) is 10.7. The smallest absolute Gasteiger partial charge is 0.375 e. The van der Waals surface area contributed by atoms with Crippen molar-refractivity contribution in [1.29, 1.82) is 0 Å². The summed E-state index contributed by atoms with van der Waals surface area (Å²) in [5, 5.41) is 12.5. The van der Waals surface area contributed by atoms with Gasteiger partial charge in [-0.05, 0) is 23.8 Å². The monoisotopic (exact) mass is 343 g/mol. The highest BCUT2D eigenvalue weighted by Crippen LogP contribution is 2.38. The molecule has 2 aromatic rings. The van der Waals surface area contributed by atoms with Crippen molar-refractivity contribution in [3.8, 4) is 0 Å². The summed E-state index contributed by atoms with van der Waals surface area (Å²) in [5.74, 6) is -0.758. The topological polar surface area (TPSA) is 49.3 Å². The Kier molecular flexibility index (Phi) is 4.97. The van der Waals surface area contributed by atoms with E-state index in [9.17, 15) is 23.1 Å². The number of carbonyl (C=O) groups is 1. The Hall–Kier alpha value is -2.05. The summed E-state index contributed by atoms with van der Waals surface area (Å²) in [4.78, 5) is 12.0. The van der Waals surface area contributed by atoms with E-state index in [4.69, 9.17) is 11.6 Å². The van der Waals surface area contributed by atoms with Gasteiger partial charge in [-0.1, -0.05) is 48.0 Å². The summed E-state index contributed by atoms with van der Waals surface area (Å²) in [6, 6.07) is 12.4. The van der Waals surface area contributed by atoms with E-state index in [0.717, 1.165) is 12.1 Å². The predicted molar refractivity (Wildman–Crippen MR) is 80.2 cm³/mol. The molecule has 122 valence electrons. The van der Waals surface area contributed by atoms with E-state index >= 15 is 0 Å². The summed E-state index contributed by atoms with van der Waals surface area (Å²) >= 11 is 5.74. The highest BCUT2D eigenvalue weighted by molar-refractivity contribution is 6.30. The van der Waals surface area contributed by atoms with Crippen LogP contribution in [-0.4, -0.2) is 23.7 Å². The summed E-state index contributed by atoms with van der Waals surface area (Å²) in [6.45, 7) is -1.01. The van der Waals surface area contributed by atoms with E-state index in [1.54, 1.807) is 0 Å². The van der Waals surface area contributed by atoms with Gasteiger partial charge in [0.25, 0.3) is 5.91 Å². The molecule has 1 atom stereocenters.